The molecule has 4 unspecified atom stereocenters. The van der Waals surface area contributed by atoms with Gasteiger partial charge >= 0.3 is 0 Å². The van der Waals surface area contributed by atoms with Gasteiger partial charge in [-0.25, -0.2) is 0 Å². The fraction of sp³-hybridized carbons (Fsp3) is 0.667. The summed E-state index contributed by atoms with van der Waals surface area (Å²) in [5, 5.41) is 3.70. The third kappa shape index (κ3) is 3.09. The van der Waals surface area contributed by atoms with E-state index < -0.39 is 0 Å². The molecular formula is C18H28N2O. The van der Waals surface area contributed by atoms with Gasteiger partial charge in [0.2, 0.25) is 0 Å². The van der Waals surface area contributed by atoms with Crippen LogP contribution in [-0.2, 0) is 0 Å². The summed E-state index contributed by atoms with van der Waals surface area (Å²) in [6.45, 7) is 11.1. The lowest BCUT2D eigenvalue weighted by molar-refractivity contribution is 0.0367. The fourth-order valence-electron chi connectivity index (χ4n) is 4.11. The predicted molar refractivity (Wildman–Crippen MR) is 86.7 cm³/mol. The van der Waals surface area contributed by atoms with E-state index in [4.69, 9.17) is 4.74 Å². The van der Waals surface area contributed by atoms with Crippen LogP contribution in [0.3, 0.4) is 0 Å². The number of nitrogens with zero attached hydrogens (tertiary/aromatic N) is 1. The van der Waals surface area contributed by atoms with Gasteiger partial charge in [0.15, 0.2) is 0 Å². The largest absolute Gasteiger partial charge is 0.492 e. The maximum absolute atomic E-state index is 6.05. The first-order valence-electron chi connectivity index (χ1n) is 8.38. The lowest BCUT2D eigenvalue weighted by atomic mass is 9.87. The van der Waals surface area contributed by atoms with Crippen molar-refractivity contribution in [3.05, 3.63) is 29.8 Å². The van der Waals surface area contributed by atoms with Crippen LogP contribution in [0.15, 0.2) is 24.3 Å². The van der Waals surface area contributed by atoms with Crippen LogP contribution in [0.2, 0.25) is 0 Å². The van der Waals surface area contributed by atoms with Gasteiger partial charge in [0.25, 0.3) is 0 Å². The normalized spacial score (nSPS) is 33.3. The summed E-state index contributed by atoms with van der Waals surface area (Å²) >= 11 is 0. The van der Waals surface area contributed by atoms with Crippen molar-refractivity contribution >= 4 is 0 Å². The minimum absolute atomic E-state index is 0.387. The van der Waals surface area contributed by atoms with E-state index in [1.807, 2.05) is 0 Å². The van der Waals surface area contributed by atoms with Crippen LogP contribution in [0.25, 0.3) is 0 Å². The molecule has 0 bridgehead atoms. The van der Waals surface area contributed by atoms with Gasteiger partial charge in [0.05, 0.1) is 12.1 Å². The standard InChI is InChI=1S/C18H28N2O/c1-4-19-18-15-7-5-6-8-17(15)21-12-16(18)20-10-13(2)9-14(3)11-20/h5-8,13-14,16,18-19H,4,9-12H2,1-3H3. The molecule has 2 heterocycles. The molecule has 1 saturated heterocycles. The highest BCUT2D eigenvalue weighted by Crippen LogP contribution is 2.36. The first-order valence-corrected chi connectivity index (χ1v) is 8.38. The molecule has 0 aromatic heterocycles. The van der Waals surface area contributed by atoms with E-state index >= 15 is 0 Å². The average molecular weight is 288 g/mol. The number of fused-ring (bicyclic) bond motifs is 1. The number of hydrogen-bond donors (Lipinski definition) is 1. The Hall–Kier alpha value is -1.06. The molecule has 2 aliphatic heterocycles. The zero-order chi connectivity index (χ0) is 14.8. The second kappa shape index (κ2) is 6.37. The molecule has 2 aliphatic rings. The number of hydrogen-bond acceptors (Lipinski definition) is 3. The maximum Gasteiger partial charge on any atom is 0.124 e. The van der Waals surface area contributed by atoms with Crippen LogP contribution in [0.5, 0.6) is 5.75 Å². The molecule has 0 aliphatic carbocycles. The van der Waals surface area contributed by atoms with Crippen molar-refractivity contribution in [3.8, 4) is 5.75 Å². The number of piperidine rings is 1. The van der Waals surface area contributed by atoms with Crippen LogP contribution in [0.4, 0.5) is 0 Å². The number of likely N-dealkylation sites (N-methyl/N-ethyl adjacent to an activating group) is 1. The summed E-state index contributed by atoms with van der Waals surface area (Å²) in [6, 6.07) is 9.33. The van der Waals surface area contributed by atoms with Gasteiger partial charge in [0.1, 0.15) is 12.4 Å². The van der Waals surface area contributed by atoms with Gasteiger partial charge in [-0.05, 0) is 30.9 Å². The summed E-state index contributed by atoms with van der Waals surface area (Å²) in [5.41, 5.74) is 1.32. The lowest BCUT2D eigenvalue weighted by Gasteiger charge is -2.45. The lowest BCUT2D eigenvalue weighted by Crippen LogP contribution is -2.54. The summed E-state index contributed by atoms with van der Waals surface area (Å²) < 4.78 is 6.05. The Morgan fingerprint density at radius 3 is 2.62 bits per heavy atom. The van der Waals surface area contributed by atoms with Crippen LogP contribution < -0.4 is 10.1 Å². The van der Waals surface area contributed by atoms with E-state index in [9.17, 15) is 0 Å². The van der Waals surface area contributed by atoms with E-state index in [0.717, 1.165) is 30.7 Å². The van der Waals surface area contributed by atoms with Gasteiger partial charge in [-0.1, -0.05) is 39.0 Å². The molecule has 4 atom stereocenters. The summed E-state index contributed by atoms with van der Waals surface area (Å²) in [4.78, 5) is 2.65. The summed E-state index contributed by atoms with van der Waals surface area (Å²) in [6.07, 6.45) is 1.35. The Labute approximate surface area is 128 Å². The monoisotopic (exact) mass is 288 g/mol. The molecular weight excluding hydrogens is 260 g/mol. The van der Waals surface area contributed by atoms with E-state index in [1.54, 1.807) is 0 Å². The van der Waals surface area contributed by atoms with Crippen molar-refractivity contribution in [2.75, 3.05) is 26.2 Å². The fourth-order valence-corrected chi connectivity index (χ4v) is 4.11. The van der Waals surface area contributed by atoms with Crippen molar-refractivity contribution in [2.45, 2.75) is 39.3 Å². The molecule has 3 heteroatoms. The molecule has 21 heavy (non-hydrogen) atoms. The molecule has 1 fully saturated rings. The molecule has 116 valence electrons. The van der Waals surface area contributed by atoms with Crippen LogP contribution in [0.1, 0.15) is 38.8 Å². The van der Waals surface area contributed by atoms with E-state index in [-0.39, 0.29) is 0 Å². The van der Waals surface area contributed by atoms with Crippen molar-refractivity contribution in [3.63, 3.8) is 0 Å². The Balaban J connectivity index is 1.84. The maximum atomic E-state index is 6.05. The zero-order valence-corrected chi connectivity index (χ0v) is 13.5. The molecule has 0 saturated carbocycles. The van der Waals surface area contributed by atoms with Crippen LogP contribution >= 0.6 is 0 Å². The summed E-state index contributed by atoms with van der Waals surface area (Å²) in [5.74, 6) is 2.62. The summed E-state index contributed by atoms with van der Waals surface area (Å²) in [7, 11) is 0. The third-order valence-electron chi connectivity index (χ3n) is 4.84. The number of rotatable bonds is 3. The minimum atomic E-state index is 0.387. The van der Waals surface area contributed by atoms with E-state index in [1.165, 1.54) is 25.1 Å². The van der Waals surface area contributed by atoms with Gasteiger partial charge in [-0.3, -0.25) is 4.90 Å². The Bertz CT molecular complexity index is 466. The SMILES string of the molecule is CCNC1c2ccccc2OCC1N1CC(C)CC(C)C1. The zero-order valence-electron chi connectivity index (χ0n) is 13.5. The highest BCUT2D eigenvalue weighted by atomic mass is 16.5. The number of benzene rings is 1. The van der Waals surface area contributed by atoms with Crippen molar-refractivity contribution in [1.82, 2.24) is 10.2 Å². The number of likely N-dealkylation sites (tertiary alicyclic amines) is 1. The average Bonchev–Trinajstić information content (AvgIpc) is 2.47. The first kappa shape index (κ1) is 14.9. The van der Waals surface area contributed by atoms with Crippen molar-refractivity contribution in [1.29, 1.82) is 0 Å². The Morgan fingerprint density at radius 2 is 1.90 bits per heavy atom. The molecule has 0 radical (unpaired) electrons. The minimum Gasteiger partial charge on any atom is -0.492 e. The third-order valence-corrected chi connectivity index (χ3v) is 4.84. The second-order valence-corrected chi connectivity index (χ2v) is 6.85. The van der Waals surface area contributed by atoms with Gasteiger partial charge in [-0.15, -0.1) is 0 Å². The Morgan fingerprint density at radius 1 is 1.19 bits per heavy atom. The van der Waals surface area contributed by atoms with Gasteiger partial charge < -0.3 is 10.1 Å². The molecule has 1 aromatic carbocycles. The molecule has 1 N–H and O–H groups in total. The van der Waals surface area contributed by atoms with Crippen molar-refractivity contribution in [2.24, 2.45) is 11.8 Å². The predicted octanol–water partition coefficient (Wildman–Crippen LogP) is 3.08. The topological polar surface area (TPSA) is 24.5 Å². The molecule has 0 amide bonds. The van der Waals surface area contributed by atoms with Gasteiger partial charge in [0, 0.05) is 18.7 Å². The van der Waals surface area contributed by atoms with Crippen LogP contribution in [0, 0.1) is 11.8 Å². The number of ether oxygens (including phenoxy) is 1. The Kier molecular flexibility index (Phi) is 4.51. The number of nitrogens with one attached hydrogen (secondary N) is 1. The highest BCUT2D eigenvalue weighted by molar-refractivity contribution is 5.38. The smallest absolute Gasteiger partial charge is 0.124 e. The number of para-hydroxylation sites is 1. The van der Waals surface area contributed by atoms with Crippen LogP contribution in [-0.4, -0.2) is 37.2 Å². The molecule has 3 nitrogen and oxygen atoms in total. The van der Waals surface area contributed by atoms with Crippen molar-refractivity contribution < 1.29 is 4.74 Å². The second-order valence-electron chi connectivity index (χ2n) is 6.85. The first-order chi connectivity index (χ1) is 10.2. The van der Waals surface area contributed by atoms with E-state index in [0.29, 0.717) is 12.1 Å². The quantitative estimate of drug-likeness (QED) is 0.925. The molecule has 1 aromatic rings. The highest BCUT2D eigenvalue weighted by Gasteiger charge is 2.37. The molecule has 0 spiro atoms. The van der Waals surface area contributed by atoms with E-state index in [2.05, 4.69) is 55.3 Å². The molecule has 3 rings (SSSR count). The van der Waals surface area contributed by atoms with Gasteiger partial charge in [-0.2, -0.15) is 0 Å².